The zero-order valence-electron chi connectivity index (χ0n) is 14.9. The Morgan fingerprint density at radius 3 is 2.59 bits per heavy atom. The van der Waals surface area contributed by atoms with Gasteiger partial charge in [0.25, 0.3) is 5.91 Å². The third-order valence-corrected chi connectivity index (χ3v) is 6.55. The van der Waals surface area contributed by atoms with E-state index in [1.807, 2.05) is 6.07 Å². The molecule has 4 rings (SSSR count). The van der Waals surface area contributed by atoms with Gasteiger partial charge in [-0.05, 0) is 43.2 Å². The number of rotatable bonds is 4. The van der Waals surface area contributed by atoms with E-state index in [1.165, 1.54) is 12.1 Å². The number of furan rings is 1. The summed E-state index contributed by atoms with van der Waals surface area (Å²) in [6, 6.07) is 7.63. The highest BCUT2D eigenvalue weighted by molar-refractivity contribution is 7.89. The zero-order chi connectivity index (χ0) is 18.9. The number of benzene rings is 1. The standard InChI is InChI=1S/C19H22N2O5S/c22-19(21-9-12-25-13-10-21)14-4-6-15(7-5-14)27(23,24)20-17-2-1-3-18-16(17)8-11-26-18/h4-8,11,17,20H,1-3,9-10,12-13H2. The van der Waals surface area contributed by atoms with Crippen LogP contribution in [0.5, 0.6) is 0 Å². The van der Waals surface area contributed by atoms with Crippen LogP contribution in [-0.4, -0.2) is 45.5 Å². The van der Waals surface area contributed by atoms with E-state index in [1.54, 1.807) is 23.3 Å². The topological polar surface area (TPSA) is 88.8 Å². The van der Waals surface area contributed by atoms with Gasteiger partial charge >= 0.3 is 0 Å². The number of hydrogen-bond donors (Lipinski definition) is 1. The maximum absolute atomic E-state index is 12.8. The van der Waals surface area contributed by atoms with Gasteiger partial charge in [0, 0.05) is 30.6 Å². The van der Waals surface area contributed by atoms with Crippen LogP contribution in [0.3, 0.4) is 0 Å². The Balaban J connectivity index is 1.49. The van der Waals surface area contributed by atoms with Crippen LogP contribution in [-0.2, 0) is 21.2 Å². The van der Waals surface area contributed by atoms with Crippen molar-refractivity contribution in [3.63, 3.8) is 0 Å². The number of ether oxygens (including phenoxy) is 1. The molecule has 1 atom stereocenters. The molecule has 1 N–H and O–H groups in total. The fourth-order valence-electron chi connectivity index (χ4n) is 3.59. The van der Waals surface area contributed by atoms with Crippen LogP contribution < -0.4 is 4.72 Å². The molecule has 2 heterocycles. The fourth-order valence-corrected chi connectivity index (χ4v) is 4.84. The first-order valence-electron chi connectivity index (χ1n) is 9.10. The molecule has 1 aliphatic carbocycles. The Bertz CT molecular complexity index is 914. The predicted molar refractivity (Wildman–Crippen MR) is 97.9 cm³/mol. The van der Waals surface area contributed by atoms with Crippen LogP contribution in [0.15, 0.2) is 45.9 Å². The van der Waals surface area contributed by atoms with Crippen LogP contribution in [0.4, 0.5) is 0 Å². The van der Waals surface area contributed by atoms with Crippen molar-refractivity contribution in [2.24, 2.45) is 0 Å². The van der Waals surface area contributed by atoms with E-state index >= 15 is 0 Å². The maximum Gasteiger partial charge on any atom is 0.254 e. The van der Waals surface area contributed by atoms with Gasteiger partial charge in [0.2, 0.25) is 10.0 Å². The number of fused-ring (bicyclic) bond motifs is 1. The molecule has 7 nitrogen and oxygen atoms in total. The highest BCUT2D eigenvalue weighted by Crippen LogP contribution is 2.31. The first-order chi connectivity index (χ1) is 13.0. The van der Waals surface area contributed by atoms with Gasteiger partial charge in [-0.2, -0.15) is 0 Å². The number of nitrogens with zero attached hydrogens (tertiary/aromatic N) is 1. The minimum absolute atomic E-state index is 0.106. The number of carbonyl (C=O) groups excluding carboxylic acids is 1. The van der Waals surface area contributed by atoms with Gasteiger partial charge in [-0.1, -0.05) is 0 Å². The van der Waals surface area contributed by atoms with Gasteiger partial charge in [-0.3, -0.25) is 4.79 Å². The third kappa shape index (κ3) is 3.78. The normalized spacial score (nSPS) is 20.3. The molecule has 27 heavy (non-hydrogen) atoms. The number of amides is 1. The summed E-state index contributed by atoms with van der Waals surface area (Å²) in [7, 11) is -3.68. The molecule has 2 aliphatic rings. The van der Waals surface area contributed by atoms with Crippen molar-refractivity contribution >= 4 is 15.9 Å². The van der Waals surface area contributed by atoms with Crippen molar-refractivity contribution in [3.8, 4) is 0 Å². The molecule has 1 amide bonds. The van der Waals surface area contributed by atoms with E-state index < -0.39 is 10.0 Å². The lowest BCUT2D eigenvalue weighted by molar-refractivity contribution is 0.0303. The van der Waals surface area contributed by atoms with Crippen molar-refractivity contribution in [2.75, 3.05) is 26.3 Å². The number of aryl methyl sites for hydroxylation is 1. The Morgan fingerprint density at radius 1 is 1.11 bits per heavy atom. The van der Waals surface area contributed by atoms with Crippen molar-refractivity contribution in [3.05, 3.63) is 53.5 Å². The van der Waals surface area contributed by atoms with Crippen LogP contribution in [0.25, 0.3) is 0 Å². The van der Waals surface area contributed by atoms with E-state index in [0.29, 0.717) is 31.9 Å². The van der Waals surface area contributed by atoms with Gasteiger partial charge in [0.05, 0.1) is 30.4 Å². The Labute approximate surface area is 158 Å². The van der Waals surface area contributed by atoms with E-state index in [0.717, 1.165) is 30.6 Å². The lowest BCUT2D eigenvalue weighted by Gasteiger charge is -2.27. The van der Waals surface area contributed by atoms with E-state index in [2.05, 4.69) is 4.72 Å². The highest BCUT2D eigenvalue weighted by atomic mass is 32.2. The van der Waals surface area contributed by atoms with Crippen LogP contribution in [0, 0.1) is 0 Å². The second-order valence-corrected chi connectivity index (χ2v) is 8.51. The summed E-state index contributed by atoms with van der Waals surface area (Å²) < 4.78 is 39.0. The smallest absolute Gasteiger partial charge is 0.254 e. The number of nitrogens with one attached hydrogen (secondary N) is 1. The molecule has 8 heteroatoms. The van der Waals surface area contributed by atoms with Crippen molar-refractivity contribution in [1.82, 2.24) is 9.62 Å². The molecule has 1 aromatic carbocycles. The maximum atomic E-state index is 12.8. The van der Waals surface area contributed by atoms with Gasteiger partial charge < -0.3 is 14.1 Å². The molecule has 0 bridgehead atoms. The second-order valence-electron chi connectivity index (χ2n) is 6.79. The summed E-state index contributed by atoms with van der Waals surface area (Å²) in [5.41, 5.74) is 1.38. The molecule has 0 spiro atoms. The monoisotopic (exact) mass is 390 g/mol. The zero-order valence-corrected chi connectivity index (χ0v) is 15.7. The predicted octanol–water partition coefficient (Wildman–Crippen LogP) is 2.11. The molecule has 1 fully saturated rings. The number of morpholine rings is 1. The SMILES string of the molecule is O=C(c1ccc(S(=O)(=O)NC2CCCc3occc32)cc1)N1CCOCC1. The molecule has 1 aromatic heterocycles. The first-order valence-corrected chi connectivity index (χ1v) is 10.6. The van der Waals surface area contributed by atoms with Crippen LogP contribution in [0.1, 0.15) is 40.6 Å². The van der Waals surface area contributed by atoms with Gasteiger partial charge in [0.1, 0.15) is 5.76 Å². The van der Waals surface area contributed by atoms with Crippen molar-refractivity contribution < 1.29 is 22.4 Å². The molecular formula is C19H22N2O5S. The molecule has 0 saturated carbocycles. The lowest BCUT2D eigenvalue weighted by Crippen LogP contribution is -2.40. The Kier molecular flexibility index (Phi) is 5.03. The van der Waals surface area contributed by atoms with Gasteiger partial charge in [-0.15, -0.1) is 0 Å². The van der Waals surface area contributed by atoms with Gasteiger partial charge in [-0.25, -0.2) is 13.1 Å². The fraction of sp³-hybridized carbons (Fsp3) is 0.421. The number of carbonyl (C=O) groups is 1. The summed E-state index contributed by atoms with van der Waals surface area (Å²) in [6.45, 7) is 2.16. The Hall–Kier alpha value is -2.16. The van der Waals surface area contributed by atoms with Crippen LogP contribution >= 0.6 is 0 Å². The minimum atomic E-state index is -3.68. The summed E-state index contributed by atoms with van der Waals surface area (Å²) in [5, 5.41) is 0. The molecule has 0 radical (unpaired) electrons. The lowest BCUT2D eigenvalue weighted by atomic mass is 9.94. The third-order valence-electron chi connectivity index (χ3n) is 5.06. The average molecular weight is 390 g/mol. The van der Waals surface area contributed by atoms with E-state index in [-0.39, 0.29) is 16.8 Å². The van der Waals surface area contributed by atoms with Gasteiger partial charge in [0.15, 0.2) is 0 Å². The molecule has 1 unspecified atom stereocenters. The first kappa shape index (κ1) is 18.2. The number of hydrogen-bond acceptors (Lipinski definition) is 5. The van der Waals surface area contributed by atoms with E-state index in [9.17, 15) is 13.2 Å². The summed E-state index contributed by atoms with van der Waals surface area (Å²) in [5.74, 6) is 0.742. The summed E-state index contributed by atoms with van der Waals surface area (Å²) in [4.78, 5) is 14.3. The highest BCUT2D eigenvalue weighted by Gasteiger charge is 2.28. The van der Waals surface area contributed by atoms with E-state index in [4.69, 9.17) is 9.15 Å². The summed E-state index contributed by atoms with van der Waals surface area (Å²) >= 11 is 0. The minimum Gasteiger partial charge on any atom is -0.469 e. The largest absolute Gasteiger partial charge is 0.469 e. The molecule has 1 aliphatic heterocycles. The molecule has 2 aromatic rings. The molecular weight excluding hydrogens is 368 g/mol. The van der Waals surface area contributed by atoms with Crippen molar-refractivity contribution in [1.29, 1.82) is 0 Å². The summed E-state index contributed by atoms with van der Waals surface area (Å²) in [6.07, 6.45) is 4.04. The Morgan fingerprint density at radius 2 is 1.85 bits per heavy atom. The second kappa shape index (κ2) is 7.46. The van der Waals surface area contributed by atoms with Crippen LogP contribution in [0.2, 0.25) is 0 Å². The average Bonchev–Trinajstić information content (AvgIpc) is 3.18. The molecule has 144 valence electrons. The quantitative estimate of drug-likeness (QED) is 0.864. The van der Waals surface area contributed by atoms with Crippen molar-refractivity contribution in [2.45, 2.75) is 30.2 Å². The molecule has 1 saturated heterocycles. The number of sulfonamides is 1.